The van der Waals surface area contributed by atoms with Gasteiger partial charge in [0.2, 0.25) is 0 Å². The molecule has 0 aliphatic carbocycles. The normalized spacial score (nSPS) is 17.7. The van der Waals surface area contributed by atoms with Crippen LogP contribution in [0.1, 0.15) is 35.1 Å². The van der Waals surface area contributed by atoms with Gasteiger partial charge in [0.1, 0.15) is 31.6 Å². The lowest BCUT2D eigenvalue weighted by Crippen LogP contribution is -2.47. The number of thiocarbonyl (C=S) groups is 2. The summed E-state index contributed by atoms with van der Waals surface area (Å²) >= 11 is 25.1. The number of anilines is 4. The average molecular weight is 1230 g/mol. The molecular formula is C56H56Cl2N10O10S4. The number of aromatic nitrogens is 4. The number of hydrogen-bond acceptors (Lipinski definition) is 18. The van der Waals surface area contributed by atoms with Crippen molar-refractivity contribution in [3.63, 3.8) is 0 Å². The van der Waals surface area contributed by atoms with Gasteiger partial charge in [0.05, 0.1) is 60.2 Å². The van der Waals surface area contributed by atoms with Crippen LogP contribution in [0.3, 0.4) is 0 Å². The molecule has 0 bridgehead atoms. The topological polar surface area (TPSA) is 215 Å². The molecule has 0 atom stereocenters. The first-order valence-corrected chi connectivity index (χ1v) is 29.3. The van der Waals surface area contributed by atoms with Gasteiger partial charge in [-0.05, 0) is 85.7 Å². The van der Waals surface area contributed by atoms with Crippen molar-refractivity contribution in [3.8, 4) is 0 Å². The molecule has 0 unspecified atom stereocenters. The Morgan fingerprint density at radius 3 is 1.28 bits per heavy atom. The number of carboxylic acids is 2. The van der Waals surface area contributed by atoms with E-state index in [1.165, 1.54) is 18.6 Å². The molecule has 0 saturated carbocycles. The molecule has 2 amide bonds. The third-order valence-corrected chi connectivity index (χ3v) is 16.8. The summed E-state index contributed by atoms with van der Waals surface area (Å²) in [5.41, 5.74) is 4.90. The zero-order valence-electron chi connectivity index (χ0n) is 44.6. The maximum atomic E-state index is 13.7. The van der Waals surface area contributed by atoms with E-state index in [9.17, 15) is 28.8 Å². The van der Waals surface area contributed by atoms with E-state index < -0.39 is 23.8 Å². The number of pyridine rings is 2. The van der Waals surface area contributed by atoms with Crippen molar-refractivity contribution < 1.29 is 38.9 Å². The third kappa shape index (κ3) is 14.3. The van der Waals surface area contributed by atoms with E-state index in [-0.39, 0.29) is 55.5 Å². The number of thioether (sulfide) groups is 2. The van der Waals surface area contributed by atoms with Gasteiger partial charge in [0.15, 0.2) is 0 Å². The quantitative estimate of drug-likeness (QED) is 0.0905. The fraction of sp³-hybridized carbons (Fsp3) is 0.321. The van der Waals surface area contributed by atoms with Crippen molar-refractivity contribution in [2.24, 2.45) is 0 Å². The SMILES string of the molecule is C1COCCO1.Cc1ccc2nc(N3CCN(c4cccc(Cl)c4)CC3)c(/C=C3\SC(=S)N(CCC(=O)O)C3=O)c(=O)n2c1.Cc1ccc2nc(N3CCN(c4cccc(Cl)c4)CC3)c(/C=C3\SC(=S)N(CCC(=O)O)C3=O)c(=O)n2c1. The number of fused-ring (bicyclic) bond motifs is 2. The van der Waals surface area contributed by atoms with Crippen LogP contribution in [0.15, 0.2) is 105 Å². The van der Waals surface area contributed by atoms with Crippen LogP contribution in [0.5, 0.6) is 0 Å². The largest absolute Gasteiger partial charge is 0.481 e. The van der Waals surface area contributed by atoms with Crippen molar-refractivity contribution in [3.05, 3.63) is 148 Å². The fourth-order valence-electron chi connectivity index (χ4n) is 9.43. The standard InChI is InChI=1S/2C26H24ClN5O4S2.C4H8O2/c2*1-16-5-6-21-28-23(30-11-9-29(10-12-30)18-4-2-3-17(27)13-18)19(24(35)32(21)15-16)14-20-25(36)31(26(37)38-20)8-7-22(33)34;1-2-6-4-3-5-1/h2*2-6,13-15H,7-12H2,1H3,(H,33,34);1-4H2/b2*20-14-;. The summed E-state index contributed by atoms with van der Waals surface area (Å²) in [7, 11) is 0. The van der Waals surface area contributed by atoms with Crippen molar-refractivity contribution >= 4 is 150 Å². The molecule has 9 heterocycles. The molecule has 5 aliphatic rings. The number of carbonyl (C=O) groups is 4. The summed E-state index contributed by atoms with van der Waals surface area (Å²) < 4.78 is 13.4. The Morgan fingerprint density at radius 1 is 0.573 bits per heavy atom. The Kier molecular flexibility index (Phi) is 19.7. The first kappa shape index (κ1) is 59.7. The smallest absolute Gasteiger partial charge is 0.305 e. The Bertz CT molecular complexity index is 3430. The van der Waals surface area contributed by atoms with Crippen molar-refractivity contribution in [2.75, 3.05) is 111 Å². The van der Waals surface area contributed by atoms with Crippen molar-refractivity contribution in [2.45, 2.75) is 26.7 Å². The van der Waals surface area contributed by atoms with Crippen LogP contribution in [0.4, 0.5) is 23.0 Å². The lowest BCUT2D eigenvalue weighted by atomic mass is 10.2. The summed E-state index contributed by atoms with van der Waals surface area (Å²) in [6.07, 6.45) is 6.09. The molecule has 4 aromatic heterocycles. The second-order valence-electron chi connectivity index (χ2n) is 19.3. The summed E-state index contributed by atoms with van der Waals surface area (Å²) in [6.45, 7) is 12.1. The molecule has 5 aliphatic heterocycles. The molecule has 5 fully saturated rings. The van der Waals surface area contributed by atoms with Crippen molar-refractivity contribution in [1.82, 2.24) is 28.6 Å². The molecular weight excluding hydrogens is 1170 g/mol. The van der Waals surface area contributed by atoms with Gasteiger partial charge in [-0.25, -0.2) is 9.97 Å². The minimum atomic E-state index is -1.02. The maximum Gasteiger partial charge on any atom is 0.305 e. The number of amides is 2. The fourth-order valence-corrected chi connectivity index (χ4v) is 12.4. The van der Waals surface area contributed by atoms with E-state index in [4.69, 9.17) is 77.3 Å². The Labute approximate surface area is 500 Å². The summed E-state index contributed by atoms with van der Waals surface area (Å²) in [4.78, 5) is 96.9. The van der Waals surface area contributed by atoms with Crippen LogP contribution in [0, 0.1) is 13.8 Å². The molecule has 20 nitrogen and oxygen atoms in total. The molecule has 428 valence electrons. The zero-order valence-corrected chi connectivity index (χ0v) is 49.4. The van der Waals surface area contributed by atoms with E-state index >= 15 is 0 Å². The predicted molar refractivity (Wildman–Crippen MR) is 330 cm³/mol. The summed E-state index contributed by atoms with van der Waals surface area (Å²) in [5, 5.41) is 19.4. The van der Waals surface area contributed by atoms with Crippen LogP contribution in [0.25, 0.3) is 23.4 Å². The molecule has 2 aromatic carbocycles. The number of piperazine rings is 2. The molecule has 11 rings (SSSR count). The highest BCUT2D eigenvalue weighted by atomic mass is 35.5. The summed E-state index contributed by atoms with van der Waals surface area (Å²) in [6, 6.07) is 22.8. The molecule has 6 aromatic rings. The Morgan fingerprint density at radius 2 is 0.939 bits per heavy atom. The molecule has 82 heavy (non-hydrogen) atoms. The van der Waals surface area contributed by atoms with Crippen LogP contribution in [-0.2, 0) is 28.7 Å². The Hall–Kier alpha value is -6.90. The highest BCUT2D eigenvalue weighted by molar-refractivity contribution is 8.27. The van der Waals surface area contributed by atoms with E-state index in [1.807, 2.05) is 74.5 Å². The third-order valence-electron chi connectivity index (χ3n) is 13.6. The number of nitrogens with zero attached hydrogens (tertiary/aromatic N) is 10. The number of carbonyl (C=O) groups excluding carboxylic acids is 2. The van der Waals surface area contributed by atoms with Gasteiger partial charge in [-0.15, -0.1) is 0 Å². The van der Waals surface area contributed by atoms with E-state index in [1.54, 1.807) is 36.7 Å². The number of carboxylic acid groups (broad SMARTS) is 2. The average Bonchev–Trinajstić information content (AvgIpc) is 4.06. The van der Waals surface area contributed by atoms with E-state index in [0.717, 1.165) is 72.5 Å². The highest BCUT2D eigenvalue weighted by Gasteiger charge is 2.35. The highest BCUT2D eigenvalue weighted by Crippen LogP contribution is 2.36. The number of ether oxygens (including phenoxy) is 2. The van der Waals surface area contributed by atoms with Gasteiger partial charge >= 0.3 is 11.9 Å². The lowest BCUT2D eigenvalue weighted by Gasteiger charge is -2.37. The second kappa shape index (κ2) is 27.0. The number of halogens is 2. The minimum absolute atomic E-state index is 0.0240. The molecule has 2 N–H and O–H groups in total. The van der Waals surface area contributed by atoms with Crippen LogP contribution in [-0.4, -0.2) is 163 Å². The van der Waals surface area contributed by atoms with Crippen LogP contribution >= 0.6 is 71.2 Å². The van der Waals surface area contributed by atoms with Gasteiger partial charge < -0.3 is 39.3 Å². The van der Waals surface area contributed by atoms with Gasteiger partial charge in [-0.1, -0.05) is 95.4 Å². The van der Waals surface area contributed by atoms with Crippen LogP contribution < -0.4 is 30.7 Å². The predicted octanol–water partition coefficient (Wildman–Crippen LogP) is 7.35. The number of benzene rings is 2. The van der Waals surface area contributed by atoms with Gasteiger partial charge in [0.25, 0.3) is 22.9 Å². The van der Waals surface area contributed by atoms with Gasteiger partial charge in [0, 0.05) is 99.3 Å². The second-order valence-corrected chi connectivity index (χ2v) is 23.5. The van der Waals surface area contributed by atoms with Gasteiger partial charge in [-0.2, -0.15) is 0 Å². The first-order chi connectivity index (χ1) is 39.4. The monoisotopic (exact) mass is 1230 g/mol. The van der Waals surface area contributed by atoms with E-state index in [0.29, 0.717) is 96.5 Å². The van der Waals surface area contributed by atoms with Crippen LogP contribution in [0.2, 0.25) is 10.0 Å². The lowest BCUT2D eigenvalue weighted by molar-refractivity contribution is -0.138. The molecule has 26 heteroatoms. The Balaban J connectivity index is 0.000000179. The minimum Gasteiger partial charge on any atom is -0.481 e. The molecule has 5 saturated heterocycles. The van der Waals surface area contributed by atoms with Gasteiger partial charge in [-0.3, -0.25) is 47.4 Å². The summed E-state index contributed by atoms with van der Waals surface area (Å²) in [5.74, 6) is -1.86. The molecule has 0 spiro atoms. The number of hydrogen-bond donors (Lipinski definition) is 2. The molecule has 0 radical (unpaired) electrons. The number of rotatable bonds is 12. The van der Waals surface area contributed by atoms with E-state index in [2.05, 4.69) is 19.6 Å². The number of aryl methyl sites for hydroxylation is 2. The number of aliphatic carboxylic acids is 2. The first-order valence-electron chi connectivity index (χ1n) is 26.1. The zero-order chi connectivity index (χ0) is 58.2. The maximum absolute atomic E-state index is 13.7. The van der Waals surface area contributed by atoms with Crippen molar-refractivity contribution in [1.29, 1.82) is 0 Å².